The smallest absolute Gasteiger partial charge is 0.415 e. The molecule has 0 fully saturated rings. The zero-order valence-electron chi connectivity index (χ0n) is 13.2. The number of para-hydroxylation sites is 1. The van der Waals surface area contributed by atoms with Crippen LogP contribution in [0.15, 0.2) is 29.8 Å². The average molecular weight is 273 g/mol. The minimum absolute atomic E-state index is 0.0137. The third-order valence-corrected chi connectivity index (χ3v) is 3.76. The fourth-order valence-corrected chi connectivity index (χ4v) is 2.50. The molecule has 1 atom stereocenters. The van der Waals surface area contributed by atoms with Gasteiger partial charge in [0, 0.05) is 5.56 Å². The van der Waals surface area contributed by atoms with Crippen LogP contribution in [0.4, 0.5) is 10.5 Å². The summed E-state index contributed by atoms with van der Waals surface area (Å²) in [5.74, 6) is 0. The van der Waals surface area contributed by atoms with Crippen molar-refractivity contribution in [3.8, 4) is 0 Å². The molecule has 0 radical (unpaired) electrons. The summed E-state index contributed by atoms with van der Waals surface area (Å²) in [6, 6.07) is 8.00. The Labute approximate surface area is 121 Å². The fourth-order valence-electron chi connectivity index (χ4n) is 2.50. The van der Waals surface area contributed by atoms with Gasteiger partial charge in [-0.3, -0.25) is 4.90 Å². The molecule has 108 valence electrons. The van der Waals surface area contributed by atoms with E-state index >= 15 is 0 Å². The molecule has 1 aromatic carbocycles. The van der Waals surface area contributed by atoms with Crippen LogP contribution in [0.3, 0.4) is 0 Å². The summed E-state index contributed by atoms with van der Waals surface area (Å²) in [5.41, 5.74) is 3.99. The van der Waals surface area contributed by atoms with Crippen molar-refractivity contribution >= 4 is 17.4 Å². The zero-order valence-corrected chi connectivity index (χ0v) is 13.2. The Bertz CT molecular complexity index is 567. The van der Waals surface area contributed by atoms with Gasteiger partial charge in [0.15, 0.2) is 0 Å². The van der Waals surface area contributed by atoms with E-state index in [2.05, 4.69) is 19.9 Å². The molecular weight excluding hydrogens is 250 g/mol. The van der Waals surface area contributed by atoms with E-state index < -0.39 is 5.60 Å². The molecule has 0 saturated heterocycles. The summed E-state index contributed by atoms with van der Waals surface area (Å²) in [6.07, 6.45) is -0.288. The zero-order chi connectivity index (χ0) is 15.1. The van der Waals surface area contributed by atoms with E-state index in [1.165, 1.54) is 11.1 Å². The molecule has 0 saturated carbocycles. The van der Waals surface area contributed by atoms with Crippen LogP contribution in [0.1, 0.15) is 47.1 Å². The molecule has 1 heterocycles. The fraction of sp³-hybridized carbons (Fsp3) is 0.471. The average Bonchev–Trinajstić information content (AvgIpc) is 2.34. The maximum atomic E-state index is 12.5. The Morgan fingerprint density at radius 1 is 1.20 bits per heavy atom. The number of anilines is 1. The first-order chi connectivity index (χ1) is 9.22. The molecule has 0 aromatic heterocycles. The van der Waals surface area contributed by atoms with E-state index in [4.69, 9.17) is 4.74 Å². The van der Waals surface area contributed by atoms with Gasteiger partial charge >= 0.3 is 6.09 Å². The number of carbonyl (C=O) groups excluding carboxylic acids is 1. The number of nitrogens with zero attached hydrogens (tertiary/aromatic N) is 1. The van der Waals surface area contributed by atoms with E-state index in [9.17, 15) is 4.79 Å². The van der Waals surface area contributed by atoms with E-state index in [0.29, 0.717) is 0 Å². The second-order valence-corrected chi connectivity index (χ2v) is 6.35. The predicted octanol–water partition coefficient (Wildman–Crippen LogP) is 4.62. The number of ether oxygens (including phenoxy) is 1. The molecule has 2 rings (SSSR count). The van der Waals surface area contributed by atoms with Crippen LogP contribution < -0.4 is 4.90 Å². The van der Waals surface area contributed by atoms with Gasteiger partial charge in [-0.15, -0.1) is 0 Å². The first kappa shape index (κ1) is 14.6. The van der Waals surface area contributed by atoms with Gasteiger partial charge in [-0.05, 0) is 58.8 Å². The largest absolute Gasteiger partial charge is 0.443 e. The van der Waals surface area contributed by atoms with E-state index in [-0.39, 0.29) is 12.1 Å². The van der Waals surface area contributed by atoms with Crippen LogP contribution in [0.25, 0.3) is 5.57 Å². The summed E-state index contributed by atoms with van der Waals surface area (Å²) in [6.45, 7) is 11.9. The molecule has 1 aliphatic heterocycles. The van der Waals surface area contributed by atoms with Gasteiger partial charge in [-0.2, -0.15) is 0 Å². The molecule has 20 heavy (non-hydrogen) atoms. The summed E-state index contributed by atoms with van der Waals surface area (Å²) in [4.78, 5) is 14.3. The Balaban J connectivity index is 2.47. The van der Waals surface area contributed by atoms with Crippen molar-refractivity contribution in [3.05, 3.63) is 35.4 Å². The lowest BCUT2D eigenvalue weighted by Gasteiger charge is -2.37. The van der Waals surface area contributed by atoms with Crippen molar-refractivity contribution < 1.29 is 9.53 Å². The van der Waals surface area contributed by atoms with Crippen molar-refractivity contribution in [3.63, 3.8) is 0 Å². The number of carbonyl (C=O) groups is 1. The third-order valence-electron chi connectivity index (χ3n) is 3.76. The number of rotatable bonds is 0. The molecule has 0 spiro atoms. The maximum Gasteiger partial charge on any atom is 0.415 e. The molecular formula is C17H23NO2. The van der Waals surface area contributed by atoms with Crippen molar-refractivity contribution in [2.45, 2.75) is 53.2 Å². The molecule has 0 bridgehead atoms. The molecule has 0 N–H and O–H groups in total. The number of allylic oxidation sites excluding steroid dienone is 1. The minimum Gasteiger partial charge on any atom is -0.443 e. The van der Waals surface area contributed by atoms with Gasteiger partial charge < -0.3 is 4.74 Å². The van der Waals surface area contributed by atoms with Crippen LogP contribution >= 0.6 is 0 Å². The highest BCUT2D eigenvalue weighted by Gasteiger charge is 2.33. The molecule has 1 amide bonds. The Morgan fingerprint density at radius 2 is 1.80 bits per heavy atom. The normalized spacial score (nSPS) is 18.9. The number of fused-ring (bicyclic) bond motifs is 1. The maximum absolute atomic E-state index is 12.5. The van der Waals surface area contributed by atoms with Gasteiger partial charge in [-0.25, -0.2) is 4.79 Å². The minimum atomic E-state index is -0.490. The van der Waals surface area contributed by atoms with Gasteiger partial charge in [0.25, 0.3) is 0 Å². The van der Waals surface area contributed by atoms with Crippen molar-refractivity contribution in [2.24, 2.45) is 0 Å². The monoisotopic (exact) mass is 273 g/mol. The summed E-state index contributed by atoms with van der Waals surface area (Å²) in [5, 5.41) is 0. The highest BCUT2D eigenvalue weighted by Crippen LogP contribution is 2.38. The summed E-state index contributed by atoms with van der Waals surface area (Å²) >= 11 is 0. The molecule has 1 aliphatic rings. The highest BCUT2D eigenvalue weighted by atomic mass is 16.6. The lowest BCUT2D eigenvalue weighted by molar-refractivity contribution is 0.0572. The first-order valence-electron chi connectivity index (χ1n) is 7.01. The number of benzene rings is 1. The van der Waals surface area contributed by atoms with Gasteiger partial charge in [0.2, 0.25) is 0 Å². The Morgan fingerprint density at radius 3 is 2.40 bits per heavy atom. The van der Waals surface area contributed by atoms with E-state index in [1.54, 1.807) is 4.90 Å². The van der Waals surface area contributed by atoms with Crippen LogP contribution in [-0.2, 0) is 4.74 Å². The Hall–Kier alpha value is -1.77. The van der Waals surface area contributed by atoms with Crippen LogP contribution in [0.2, 0.25) is 0 Å². The second kappa shape index (κ2) is 4.97. The lowest BCUT2D eigenvalue weighted by Crippen LogP contribution is -2.45. The molecule has 1 aromatic rings. The number of amides is 1. The number of hydrogen-bond donors (Lipinski definition) is 0. The Kier molecular flexibility index (Phi) is 3.63. The van der Waals surface area contributed by atoms with Crippen LogP contribution in [0, 0.1) is 0 Å². The molecule has 3 nitrogen and oxygen atoms in total. The van der Waals surface area contributed by atoms with Crippen molar-refractivity contribution in [1.29, 1.82) is 0 Å². The third kappa shape index (κ3) is 2.58. The van der Waals surface area contributed by atoms with Crippen molar-refractivity contribution in [1.82, 2.24) is 0 Å². The second-order valence-electron chi connectivity index (χ2n) is 6.35. The van der Waals surface area contributed by atoms with Crippen molar-refractivity contribution in [2.75, 3.05) is 4.90 Å². The molecule has 1 unspecified atom stereocenters. The van der Waals surface area contributed by atoms with Crippen LogP contribution in [-0.4, -0.2) is 17.7 Å². The van der Waals surface area contributed by atoms with E-state index in [0.717, 1.165) is 11.3 Å². The quantitative estimate of drug-likeness (QED) is 0.690. The highest BCUT2D eigenvalue weighted by molar-refractivity contribution is 5.96. The molecule has 3 heteroatoms. The number of hydrogen-bond acceptors (Lipinski definition) is 2. The van der Waals surface area contributed by atoms with E-state index in [1.807, 2.05) is 45.9 Å². The van der Waals surface area contributed by atoms with Gasteiger partial charge in [-0.1, -0.05) is 18.2 Å². The SMILES string of the molecule is CC1=C(C)C(C)N(C(=O)OC(C)(C)C)c2ccccc21. The summed E-state index contributed by atoms with van der Waals surface area (Å²) < 4.78 is 5.55. The lowest BCUT2D eigenvalue weighted by atomic mass is 9.91. The van der Waals surface area contributed by atoms with Gasteiger partial charge in [0.05, 0.1) is 11.7 Å². The van der Waals surface area contributed by atoms with Gasteiger partial charge in [0.1, 0.15) is 5.60 Å². The first-order valence-corrected chi connectivity index (χ1v) is 7.01. The summed E-state index contributed by atoms with van der Waals surface area (Å²) in [7, 11) is 0. The standard InChI is InChI=1S/C17H23NO2/c1-11-12(2)14-9-7-8-10-15(14)18(13(11)3)16(19)20-17(4,5)6/h7-10,13H,1-6H3. The predicted molar refractivity (Wildman–Crippen MR) is 82.9 cm³/mol. The molecule has 0 aliphatic carbocycles. The topological polar surface area (TPSA) is 29.5 Å². The van der Waals surface area contributed by atoms with Crippen LogP contribution in [0.5, 0.6) is 0 Å².